The van der Waals surface area contributed by atoms with Crippen LogP contribution in [0.3, 0.4) is 0 Å². The van der Waals surface area contributed by atoms with E-state index in [-0.39, 0.29) is 17.4 Å². The van der Waals surface area contributed by atoms with Gasteiger partial charge in [0.05, 0.1) is 5.75 Å². The Morgan fingerprint density at radius 1 is 0.786 bits per heavy atom. The van der Waals surface area contributed by atoms with Crippen LogP contribution in [0.4, 0.5) is 11.4 Å². The van der Waals surface area contributed by atoms with Crippen LogP contribution in [-0.2, 0) is 9.59 Å². The Kier molecular flexibility index (Phi) is 9.43. The zero-order chi connectivity index (χ0) is 29.3. The average molecular weight is 600 g/mol. The molecule has 0 saturated carbocycles. The molecule has 42 heavy (non-hydrogen) atoms. The molecule has 0 aliphatic carbocycles. The molecule has 1 aliphatic rings. The van der Waals surface area contributed by atoms with E-state index in [1.807, 2.05) is 18.2 Å². The average Bonchev–Trinajstić information content (AvgIpc) is 3.01. The highest BCUT2D eigenvalue weighted by Crippen LogP contribution is 2.32. The summed E-state index contributed by atoms with van der Waals surface area (Å²) in [6, 6.07) is 27.9. The minimum Gasteiger partial charge on any atom is -0.486 e. The Labute approximate surface area is 252 Å². The van der Waals surface area contributed by atoms with Crippen molar-refractivity contribution >= 4 is 58.5 Å². The molecule has 1 aliphatic heterocycles. The van der Waals surface area contributed by atoms with Gasteiger partial charge in [0.15, 0.2) is 11.5 Å². The number of amides is 3. The predicted molar refractivity (Wildman–Crippen MR) is 165 cm³/mol. The summed E-state index contributed by atoms with van der Waals surface area (Å²) in [5, 5.41) is 8.96. The number of ether oxygens (including phenoxy) is 2. The molecule has 3 amide bonds. The number of anilines is 2. The highest BCUT2D eigenvalue weighted by Gasteiger charge is 2.16. The highest BCUT2D eigenvalue weighted by molar-refractivity contribution is 8.00. The molecule has 10 heteroatoms. The second-order valence-corrected chi connectivity index (χ2v) is 10.6. The van der Waals surface area contributed by atoms with E-state index in [9.17, 15) is 14.4 Å². The summed E-state index contributed by atoms with van der Waals surface area (Å²) in [5.41, 5.74) is 2.34. The van der Waals surface area contributed by atoms with E-state index >= 15 is 0 Å². The predicted octanol–water partition coefficient (Wildman–Crippen LogP) is 6.25. The molecule has 212 valence electrons. The smallest absolute Gasteiger partial charge is 0.272 e. The van der Waals surface area contributed by atoms with E-state index in [2.05, 4.69) is 16.0 Å². The molecule has 0 spiro atoms. The van der Waals surface area contributed by atoms with E-state index in [1.54, 1.807) is 84.9 Å². The molecule has 0 fully saturated rings. The largest absolute Gasteiger partial charge is 0.486 e. The van der Waals surface area contributed by atoms with Crippen LogP contribution in [0.2, 0.25) is 5.02 Å². The van der Waals surface area contributed by atoms with Crippen molar-refractivity contribution in [2.45, 2.75) is 4.90 Å². The van der Waals surface area contributed by atoms with Crippen LogP contribution >= 0.6 is 23.4 Å². The molecule has 0 bridgehead atoms. The number of rotatable bonds is 9. The lowest BCUT2D eigenvalue weighted by atomic mass is 10.1. The summed E-state index contributed by atoms with van der Waals surface area (Å²) in [6.45, 7) is 0.975. The first-order valence-corrected chi connectivity index (χ1v) is 14.4. The van der Waals surface area contributed by atoms with Gasteiger partial charge >= 0.3 is 0 Å². The molecule has 0 atom stereocenters. The fourth-order valence-corrected chi connectivity index (χ4v) is 4.79. The van der Waals surface area contributed by atoms with Crippen molar-refractivity contribution < 1.29 is 23.9 Å². The quantitative estimate of drug-likeness (QED) is 0.155. The van der Waals surface area contributed by atoms with E-state index in [4.69, 9.17) is 21.1 Å². The Morgan fingerprint density at radius 3 is 2.21 bits per heavy atom. The van der Waals surface area contributed by atoms with Gasteiger partial charge < -0.3 is 25.4 Å². The number of carbonyl (C=O) groups is 3. The number of hydrogen-bond donors (Lipinski definition) is 3. The number of hydrogen-bond acceptors (Lipinski definition) is 6. The van der Waals surface area contributed by atoms with Crippen LogP contribution < -0.4 is 25.4 Å². The molecule has 0 aromatic heterocycles. The molecular formula is C32H26ClN3O5S. The van der Waals surface area contributed by atoms with Crippen LogP contribution in [0, 0.1) is 0 Å². The lowest BCUT2D eigenvalue weighted by molar-refractivity contribution is -0.114. The Bertz CT molecular complexity index is 1610. The fraction of sp³-hybridized carbons (Fsp3) is 0.0938. The van der Waals surface area contributed by atoms with Crippen molar-refractivity contribution in [3.63, 3.8) is 0 Å². The number of fused-ring (bicyclic) bond motifs is 1. The van der Waals surface area contributed by atoms with Crippen molar-refractivity contribution in [3.05, 3.63) is 119 Å². The molecule has 0 radical (unpaired) electrons. The highest BCUT2D eigenvalue weighted by atomic mass is 35.5. The summed E-state index contributed by atoms with van der Waals surface area (Å²) >= 11 is 7.35. The molecule has 8 nitrogen and oxygen atoms in total. The zero-order valence-corrected chi connectivity index (χ0v) is 23.8. The molecule has 0 unspecified atom stereocenters. The monoisotopic (exact) mass is 599 g/mol. The van der Waals surface area contributed by atoms with Gasteiger partial charge in [0.2, 0.25) is 5.91 Å². The van der Waals surface area contributed by atoms with Gasteiger partial charge in [-0.2, -0.15) is 0 Å². The molecule has 3 N–H and O–H groups in total. The van der Waals surface area contributed by atoms with Crippen LogP contribution in [0.5, 0.6) is 11.5 Å². The summed E-state index contributed by atoms with van der Waals surface area (Å²) in [5.74, 6) is 0.391. The van der Waals surface area contributed by atoms with Crippen molar-refractivity contribution in [1.82, 2.24) is 5.32 Å². The standard InChI is InChI=1S/C32H26ClN3O5S/c33-23-8-6-21(7-9-23)18-27(36-31(38)22-4-2-1-3-5-22)32(39)35-24-10-13-26(14-11-24)42-20-30(37)34-25-12-15-28-29(19-25)41-17-16-40-28/h1-15,18-19H,16-17,20H2,(H,34,37)(H,35,39)(H,36,38)/b27-18-. The third-order valence-electron chi connectivity index (χ3n) is 6.02. The van der Waals surface area contributed by atoms with Crippen molar-refractivity contribution in [3.8, 4) is 11.5 Å². The summed E-state index contributed by atoms with van der Waals surface area (Å²) in [4.78, 5) is 39.4. The van der Waals surface area contributed by atoms with Crippen molar-refractivity contribution in [1.29, 1.82) is 0 Å². The lowest BCUT2D eigenvalue weighted by Gasteiger charge is -2.19. The maximum Gasteiger partial charge on any atom is 0.272 e. The first-order valence-electron chi connectivity index (χ1n) is 13.0. The molecule has 5 rings (SSSR count). The summed E-state index contributed by atoms with van der Waals surface area (Å²) < 4.78 is 11.1. The first-order chi connectivity index (χ1) is 20.4. The van der Waals surface area contributed by atoms with Crippen LogP contribution in [0.25, 0.3) is 6.08 Å². The third-order valence-corrected chi connectivity index (χ3v) is 7.28. The van der Waals surface area contributed by atoms with E-state index < -0.39 is 11.8 Å². The second kappa shape index (κ2) is 13.8. The Balaban J connectivity index is 1.19. The number of carbonyl (C=O) groups excluding carboxylic acids is 3. The topological polar surface area (TPSA) is 106 Å². The summed E-state index contributed by atoms with van der Waals surface area (Å²) in [7, 11) is 0. The maximum absolute atomic E-state index is 13.2. The van der Waals surface area contributed by atoms with Crippen molar-refractivity contribution in [2.24, 2.45) is 0 Å². The minimum absolute atomic E-state index is 0.0699. The van der Waals surface area contributed by atoms with Gasteiger partial charge in [0.25, 0.3) is 11.8 Å². The number of halogens is 1. The van der Waals surface area contributed by atoms with E-state index in [0.29, 0.717) is 52.2 Å². The number of nitrogens with one attached hydrogen (secondary N) is 3. The Morgan fingerprint density at radius 2 is 1.48 bits per heavy atom. The fourth-order valence-electron chi connectivity index (χ4n) is 3.97. The maximum atomic E-state index is 13.2. The molecule has 0 saturated heterocycles. The van der Waals surface area contributed by atoms with Gasteiger partial charge in [-0.1, -0.05) is 41.9 Å². The van der Waals surface area contributed by atoms with Gasteiger partial charge in [-0.05, 0) is 72.3 Å². The third kappa shape index (κ3) is 7.93. The van der Waals surface area contributed by atoms with Gasteiger partial charge in [-0.15, -0.1) is 11.8 Å². The van der Waals surface area contributed by atoms with Gasteiger partial charge in [-0.25, -0.2) is 0 Å². The second-order valence-electron chi connectivity index (χ2n) is 9.10. The zero-order valence-electron chi connectivity index (χ0n) is 22.3. The Hall–Kier alpha value is -4.73. The van der Waals surface area contributed by atoms with Crippen LogP contribution in [0.15, 0.2) is 108 Å². The number of benzene rings is 4. The summed E-state index contributed by atoms with van der Waals surface area (Å²) in [6.07, 6.45) is 1.58. The normalized spacial score (nSPS) is 12.3. The van der Waals surface area contributed by atoms with Crippen molar-refractivity contribution in [2.75, 3.05) is 29.6 Å². The van der Waals surface area contributed by atoms with E-state index in [0.717, 1.165) is 4.90 Å². The van der Waals surface area contributed by atoms with Gasteiger partial charge in [-0.3, -0.25) is 14.4 Å². The minimum atomic E-state index is -0.492. The van der Waals surface area contributed by atoms with Crippen LogP contribution in [-0.4, -0.2) is 36.7 Å². The number of thioether (sulfide) groups is 1. The molecule has 1 heterocycles. The van der Waals surface area contributed by atoms with Crippen LogP contribution in [0.1, 0.15) is 15.9 Å². The lowest BCUT2D eigenvalue weighted by Crippen LogP contribution is -2.30. The molecular weight excluding hydrogens is 574 g/mol. The SMILES string of the molecule is O=C(CSc1ccc(NC(=O)/C(=C/c2ccc(Cl)cc2)NC(=O)c2ccccc2)cc1)Nc1ccc2c(c1)OCCO2. The first kappa shape index (κ1) is 28.8. The van der Waals surface area contributed by atoms with Gasteiger partial charge in [0.1, 0.15) is 18.9 Å². The van der Waals surface area contributed by atoms with Gasteiger partial charge in [0, 0.05) is 32.9 Å². The molecule has 4 aromatic rings. The van der Waals surface area contributed by atoms with E-state index in [1.165, 1.54) is 11.8 Å². The molecule has 4 aromatic carbocycles.